The molecule has 6 heteroatoms. The van der Waals surface area contributed by atoms with Gasteiger partial charge < -0.3 is 10.0 Å². The Morgan fingerprint density at radius 2 is 1.95 bits per heavy atom. The number of hydrogen-bond donors (Lipinski definition) is 1. The predicted molar refractivity (Wildman–Crippen MR) is 78.2 cm³/mol. The molecule has 1 aromatic carbocycles. The molecular weight excluding hydrogens is 327 g/mol. The van der Waals surface area contributed by atoms with Gasteiger partial charge in [0.2, 0.25) is 0 Å². The Morgan fingerprint density at radius 1 is 1.35 bits per heavy atom. The molecule has 0 amide bonds. The number of nitrogens with zero attached hydrogens (tertiary/aromatic N) is 2. The van der Waals surface area contributed by atoms with Gasteiger partial charge in [-0.2, -0.15) is 0 Å². The number of halogens is 2. The van der Waals surface area contributed by atoms with Gasteiger partial charge in [0.05, 0.1) is 0 Å². The Kier molecular flexibility index (Phi) is 4.46. The molecule has 0 saturated carbocycles. The smallest absolute Gasteiger partial charge is 0.328 e. The maximum Gasteiger partial charge on any atom is 0.328 e. The van der Waals surface area contributed by atoms with Crippen LogP contribution in [-0.2, 0) is 10.3 Å². The average Bonchev–Trinajstić information content (AvgIpc) is 2.41. The zero-order valence-electron chi connectivity index (χ0n) is 11.6. The van der Waals surface area contributed by atoms with Gasteiger partial charge in [-0.1, -0.05) is 15.9 Å². The van der Waals surface area contributed by atoms with Gasteiger partial charge in [-0.25, -0.2) is 9.18 Å². The van der Waals surface area contributed by atoms with Crippen molar-refractivity contribution in [3.05, 3.63) is 34.1 Å². The van der Waals surface area contributed by atoms with Crippen molar-refractivity contribution < 1.29 is 14.3 Å². The lowest BCUT2D eigenvalue weighted by atomic mass is 9.89. The summed E-state index contributed by atoms with van der Waals surface area (Å²) >= 11 is 3.29. The molecule has 2 rings (SSSR count). The number of rotatable bonds is 3. The molecule has 1 unspecified atom stereocenters. The third kappa shape index (κ3) is 2.73. The van der Waals surface area contributed by atoms with Crippen molar-refractivity contribution in [2.45, 2.75) is 12.5 Å². The van der Waals surface area contributed by atoms with Crippen molar-refractivity contribution in [3.8, 4) is 0 Å². The van der Waals surface area contributed by atoms with Crippen molar-refractivity contribution >= 4 is 21.9 Å². The molecule has 1 atom stereocenters. The number of likely N-dealkylation sites (N-methyl/N-ethyl adjacent to an activating group) is 1. The minimum Gasteiger partial charge on any atom is -0.480 e. The highest BCUT2D eigenvalue weighted by Crippen LogP contribution is 2.33. The number of piperazine rings is 1. The van der Waals surface area contributed by atoms with Crippen LogP contribution in [0.4, 0.5) is 4.39 Å². The summed E-state index contributed by atoms with van der Waals surface area (Å²) < 4.78 is 14.8. The molecule has 1 N–H and O–H groups in total. The van der Waals surface area contributed by atoms with E-state index in [0.29, 0.717) is 17.6 Å². The van der Waals surface area contributed by atoms with E-state index < -0.39 is 17.3 Å². The lowest BCUT2D eigenvalue weighted by molar-refractivity contribution is -0.152. The topological polar surface area (TPSA) is 43.8 Å². The number of carboxylic acids is 1. The van der Waals surface area contributed by atoms with Gasteiger partial charge in [-0.05, 0) is 32.2 Å². The molecular formula is C14H18BrFN2O2. The van der Waals surface area contributed by atoms with E-state index in [-0.39, 0.29) is 5.56 Å². The van der Waals surface area contributed by atoms with Crippen molar-refractivity contribution in [1.82, 2.24) is 9.80 Å². The Hall–Kier alpha value is -0.980. The Labute approximate surface area is 126 Å². The van der Waals surface area contributed by atoms with Gasteiger partial charge in [0, 0.05) is 36.2 Å². The second-order valence-electron chi connectivity index (χ2n) is 5.29. The summed E-state index contributed by atoms with van der Waals surface area (Å²) in [5.41, 5.74) is -1.15. The van der Waals surface area contributed by atoms with Crippen molar-refractivity contribution in [2.24, 2.45) is 0 Å². The minimum absolute atomic E-state index is 0.198. The second-order valence-corrected chi connectivity index (χ2v) is 6.21. The standard InChI is InChI=1S/C14H18BrFN2O2/c1-14(13(19)20,18-7-5-17(2)6-8-18)11-9-10(15)3-4-12(11)16/h3-4,9H,5-8H2,1-2H3,(H,19,20). The molecule has 110 valence electrons. The van der Waals surface area contributed by atoms with Crippen LogP contribution in [0.15, 0.2) is 22.7 Å². The van der Waals surface area contributed by atoms with E-state index in [1.807, 2.05) is 11.9 Å². The zero-order valence-corrected chi connectivity index (χ0v) is 13.2. The highest BCUT2D eigenvalue weighted by atomic mass is 79.9. The molecule has 0 spiro atoms. The number of benzene rings is 1. The van der Waals surface area contributed by atoms with Crippen LogP contribution in [-0.4, -0.2) is 54.1 Å². The molecule has 4 nitrogen and oxygen atoms in total. The average molecular weight is 345 g/mol. The van der Waals surface area contributed by atoms with Crippen LogP contribution in [0, 0.1) is 5.82 Å². The van der Waals surface area contributed by atoms with Crippen LogP contribution in [0.5, 0.6) is 0 Å². The van der Waals surface area contributed by atoms with E-state index >= 15 is 0 Å². The highest BCUT2D eigenvalue weighted by molar-refractivity contribution is 9.10. The molecule has 0 aliphatic carbocycles. The molecule has 0 bridgehead atoms. The first-order valence-corrected chi connectivity index (χ1v) is 7.27. The summed E-state index contributed by atoms with van der Waals surface area (Å²) in [4.78, 5) is 15.8. The van der Waals surface area contributed by atoms with E-state index in [2.05, 4.69) is 20.8 Å². The second kappa shape index (κ2) is 5.79. The largest absolute Gasteiger partial charge is 0.480 e. The first-order chi connectivity index (χ1) is 9.35. The molecule has 1 saturated heterocycles. The maximum atomic E-state index is 14.1. The van der Waals surface area contributed by atoms with Crippen LogP contribution >= 0.6 is 15.9 Å². The zero-order chi connectivity index (χ0) is 14.9. The minimum atomic E-state index is -1.35. The van der Waals surface area contributed by atoms with Gasteiger partial charge in [0.25, 0.3) is 0 Å². The van der Waals surface area contributed by atoms with Crippen LogP contribution in [0.2, 0.25) is 0 Å². The van der Waals surface area contributed by atoms with E-state index in [1.165, 1.54) is 6.07 Å². The van der Waals surface area contributed by atoms with E-state index in [9.17, 15) is 14.3 Å². The molecule has 0 radical (unpaired) electrons. The van der Waals surface area contributed by atoms with Crippen molar-refractivity contribution in [2.75, 3.05) is 33.2 Å². The predicted octanol–water partition coefficient (Wildman–Crippen LogP) is 2.14. The number of carbonyl (C=O) groups is 1. The molecule has 1 aromatic rings. The Balaban J connectivity index is 2.44. The molecule has 0 aromatic heterocycles. The van der Waals surface area contributed by atoms with Crippen LogP contribution < -0.4 is 0 Å². The summed E-state index contributed by atoms with van der Waals surface area (Å²) in [7, 11) is 2.00. The summed E-state index contributed by atoms with van der Waals surface area (Å²) in [5, 5.41) is 9.68. The van der Waals surface area contributed by atoms with Crippen molar-refractivity contribution in [1.29, 1.82) is 0 Å². The number of hydrogen-bond acceptors (Lipinski definition) is 3. The third-order valence-electron chi connectivity index (χ3n) is 4.01. The molecule has 1 aliphatic rings. The van der Waals surface area contributed by atoms with Gasteiger partial charge in [0.1, 0.15) is 11.4 Å². The summed E-state index contributed by atoms with van der Waals surface area (Å²) in [5.74, 6) is -1.52. The van der Waals surface area contributed by atoms with E-state index in [0.717, 1.165) is 13.1 Å². The van der Waals surface area contributed by atoms with Gasteiger partial charge >= 0.3 is 5.97 Å². The Morgan fingerprint density at radius 3 is 2.50 bits per heavy atom. The molecule has 1 heterocycles. The first-order valence-electron chi connectivity index (χ1n) is 6.48. The highest BCUT2D eigenvalue weighted by Gasteiger charge is 2.44. The van der Waals surface area contributed by atoms with Gasteiger partial charge in [0.15, 0.2) is 0 Å². The fourth-order valence-corrected chi connectivity index (χ4v) is 2.91. The summed E-state index contributed by atoms with van der Waals surface area (Å²) in [6, 6.07) is 4.43. The Bertz CT molecular complexity index is 518. The SMILES string of the molecule is CN1CCN(C(C)(C(=O)O)c2cc(Br)ccc2F)CC1. The lowest BCUT2D eigenvalue weighted by Crippen LogP contribution is -2.57. The van der Waals surface area contributed by atoms with Gasteiger partial charge in [-0.15, -0.1) is 0 Å². The molecule has 1 aliphatic heterocycles. The van der Waals surface area contributed by atoms with Crippen LogP contribution in [0.25, 0.3) is 0 Å². The fraction of sp³-hybridized carbons (Fsp3) is 0.500. The summed E-state index contributed by atoms with van der Waals surface area (Å²) in [6.45, 7) is 4.33. The molecule has 20 heavy (non-hydrogen) atoms. The fourth-order valence-electron chi connectivity index (χ4n) is 2.55. The van der Waals surface area contributed by atoms with Crippen molar-refractivity contribution in [3.63, 3.8) is 0 Å². The number of carboxylic acid groups (broad SMARTS) is 1. The quantitative estimate of drug-likeness (QED) is 0.912. The van der Waals surface area contributed by atoms with E-state index in [4.69, 9.17) is 0 Å². The summed E-state index contributed by atoms with van der Waals surface area (Å²) in [6.07, 6.45) is 0. The lowest BCUT2D eigenvalue weighted by Gasteiger charge is -2.42. The normalized spacial score (nSPS) is 20.6. The molecule has 1 fully saturated rings. The number of aliphatic carboxylic acids is 1. The van der Waals surface area contributed by atoms with E-state index in [1.54, 1.807) is 19.1 Å². The first kappa shape index (κ1) is 15.4. The van der Waals surface area contributed by atoms with Gasteiger partial charge in [-0.3, -0.25) is 4.90 Å². The third-order valence-corrected chi connectivity index (χ3v) is 4.50. The monoisotopic (exact) mass is 344 g/mol. The van der Waals surface area contributed by atoms with Crippen LogP contribution in [0.1, 0.15) is 12.5 Å². The van der Waals surface area contributed by atoms with Crippen LogP contribution in [0.3, 0.4) is 0 Å². The maximum absolute atomic E-state index is 14.1.